The number of piperidine rings is 1. The number of carbonyl (C=O) groups is 1. The van der Waals surface area contributed by atoms with Crippen LogP contribution in [0.1, 0.15) is 18.4 Å². The van der Waals surface area contributed by atoms with E-state index in [0.29, 0.717) is 24.6 Å². The van der Waals surface area contributed by atoms with Crippen molar-refractivity contribution in [1.29, 1.82) is 0 Å². The Morgan fingerprint density at radius 1 is 1.16 bits per heavy atom. The number of rotatable bonds is 5. The number of carbonyl (C=O) groups excluding carboxylic acids is 1. The highest BCUT2D eigenvalue weighted by Gasteiger charge is 2.26. The lowest BCUT2D eigenvalue weighted by Gasteiger charge is -2.33. The maximum atomic E-state index is 13.6. The minimum absolute atomic E-state index is 0.00290. The number of nitrogens with zero attached hydrogens (tertiary/aromatic N) is 3. The maximum absolute atomic E-state index is 13.6. The molecule has 0 bridgehead atoms. The van der Waals surface area contributed by atoms with Crippen LogP contribution in [0.4, 0.5) is 10.2 Å². The normalized spacial score (nSPS) is 16.2. The Labute approximate surface area is 187 Å². The van der Waals surface area contributed by atoms with Crippen LogP contribution in [0.15, 0.2) is 69.9 Å². The fourth-order valence-corrected chi connectivity index (χ4v) is 4.19. The number of anilines is 1. The number of hydrogen-bond acceptors (Lipinski definition) is 4. The monoisotopic (exact) mass is 484 g/mol. The maximum Gasteiger partial charge on any atom is 0.271 e. The smallest absolute Gasteiger partial charge is 0.271 e. The van der Waals surface area contributed by atoms with E-state index in [0.717, 1.165) is 29.4 Å². The quantitative estimate of drug-likeness (QED) is 0.599. The lowest BCUT2D eigenvalue weighted by molar-refractivity contribution is -0.125. The Morgan fingerprint density at radius 2 is 2.00 bits per heavy atom. The van der Waals surface area contributed by atoms with Gasteiger partial charge in [-0.2, -0.15) is 4.68 Å². The van der Waals surface area contributed by atoms with E-state index in [1.54, 1.807) is 12.1 Å². The summed E-state index contributed by atoms with van der Waals surface area (Å²) in [6.07, 6.45) is 1.64. The highest BCUT2D eigenvalue weighted by atomic mass is 79.9. The first-order valence-electron chi connectivity index (χ1n) is 10.1. The van der Waals surface area contributed by atoms with E-state index in [9.17, 15) is 14.0 Å². The molecular formula is C23H22BrFN4O2. The fraction of sp³-hybridized carbons (Fsp3) is 0.261. The van der Waals surface area contributed by atoms with Crippen molar-refractivity contribution >= 4 is 27.7 Å². The Bertz CT molecular complexity index is 1150. The molecule has 1 N–H and O–H groups in total. The van der Waals surface area contributed by atoms with Crippen molar-refractivity contribution in [3.63, 3.8) is 0 Å². The molecule has 0 aliphatic carbocycles. The van der Waals surface area contributed by atoms with Crippen LogP contribution < -0.4 is 15.8 Å². The first-order chi connectivity index (χ1) is 15.0. The molecule has 0 unspecified atom stereocenters. The summed E-state index contributed by atoms with van der Waals surface area (Å²) in [5.41, 5.74) is 1.06. The molecule has 2 heterocycles. The number of halogens is 2. The van der Waals surface area contributed by atoms with Gasteiger partial charge in [-0.1, -0.05) is 34.1 Å². The van der Waals surface area contributed by atoms with E-state index in [4.69, 9.17) is 0 Å². The molecule has 160 valence electrons. The van der Waals surface area contributed by atoms with Crippen molar-refractivity contribution in [3.05, 3.63) is 86.9 Å². The van der Waals surface area contributed by atoms with Crippen molar-refractivity contribution in [2.45, 2.75) is 19.4 Å². The van der Waals surface area contributed by atoms with Crippen LogP contribution in [0.5, 0.6) is 0 Å². The molecule has 1 atom stereocenters. The summed E-state index contributed by atoms with van der Waals surface area (Å²) in [5.74, 6) is -0.00881. The van der Waals surface area contributed by atoms with Crippen LogP contribution in [-0.2, 0) is 11.3 Å². The van der Waals surface area contributed by atoms with E-state index in [1.807, 2.05) is 29.2 Å². The molecule has 0 spiro atoms. The number of benzene rings is 2. The molecule has 1 aromatic heterocycles. The lowest BCUT2D eigenvalue weighted by Crippen LogP contribution is -2.43. The molecule has 1 aliphatic heterocycles. The molecule has 6 nitrogen and oxygen atoms in total. The van der Waals surface area contributed by atoms with Gasteiger partial charge in [0.05, 0.1) is 11.6 Å². The first kappa shape index (κ1) is 21.2. The molecule has 2 aromatic carbocycles. The highest BCUT2D eigenvalue weighted by molar-refractivity contribution is 9.10. The Hall–Kier alpha value is -3.00. The topological polar surface area (TPSA) is 67.2 Å². The summed E-state index contributed by atoms with van der Waals surface area (Å²) >= 11 is 3.44. The number of aromatic nitrogens is 2. The van der Waals surface area contributed by atoms with Gasteiger partial charge in [0.2, 0.25) is 5.91 Å². The minimum Gasteiger partial charge on any atom is -0.354 e. The summed E-state index contributed by atoms with van der Waals surface area (Å²) < 4.78 is 15.8. The van der Waals surface area contributed by atoms with Gasteiger partial charge in [-0.25, -0.2) is 4.39 Å². The van der Waals surface area contributed by atoms with Crippen LogP contribution in [0.25, 0.3) is 5.69 Å². The van der Waals surface area contributed by atoms with E-state index in [2.05, 4.69) is 26.3 Å². The zero-order valence-electron chi connectivity index (χ0n) is 16.8. The van der Waals surface area contributed by atoms with Gasteiger partial charge in [0.25, 0.3) is 5.56 Å². The average Bonchev–Trinajstić information content (AvgIpc) is 2.78. The van der Waals surface area contributed by atoms with Gasteiger partial charge in [-0.05, 0) is 54.8 Å². The predicted molar refractivity (Wildman–Crippen MR) is 121 cm³/mol. The molecule has 4 rings (SSSR count). The third-order valence-electron chi connectivity index (χ3n) is 5.31. The molecule has 1 aliphatic rings. The highest BCUT2D eigenvalue weighted by Crippen LogP contribution is 2.22. The fourth-order valence-electron chi connectivity index (χ4n) is 3.74. The molecule has 31 heavy (non-hydrogen) atoms. The molecular weight excluding hydrogens is 463 g/mol. The molecule has 0 saturated carbocycles. The summed E-state index contributed by atoms with van der Waals surface area (Å²) in [6, 6.07) is 16.7. The number of amides is 1. The molecule has 1 amide bonds. The second kappa shape index (κ2) is 9.43. The molecule has 8 heteroatoms. The van der Waals surface area contributed by atoms with Gasteiger partial charge in [-0.3, -0.25) is 9.59 Å². The zero-order chi connectivity index (χ0) is 21.8. The van der Waals surface area contributed by atoms with Crippen LogP contribution in [0.2, 0.25) is 0 Å². The number of nitrogens with one attached hydrogen (secondary N) is 1. The Balaban J connectivity index is 1.46. The second-order valence-corrected chi connectivity index (χ2v) is 8.47. The van der Waals surface area contributed by atoms with Crippen LogP contribution >= 0.6 is 15.9 Å². The van der Waals surface area contributed by atoms with Gasteiger partial charge in [-0.15, -0.1) is 5.10 Å². The van der Waals surface area contributed by atoms with E-state index < -0.39 is 5.82 Å². The summed E-state index contributed by atoms with van der Waals surface area (Å²) in [5, 5.41) is 7.45. The van der Waals surface area contributed by atoms with Gasteiger partial charge >= 0.3 is 0 Å². The summed E-state index contributed by atoms with van der Waals surface area (Å²) in [4.78, 5) is 27.0. The lowest BCUT2D eigenvalue weighted by atomic mass is 9.97. The molecule has 0 radical (unpaired) electrons. The molecule has 1 saturated heterocycles. The SMILES string of the molecule is O=C(NCc1cccc(Br)c1)[C@@H]1CCCN(c2ccc(=O)n(-c3cccc(F)c3)n2)C1. The first-order valence-corrected chi connectivity index (χ1v) is 10.9. The van der Waals surface area contributed by atoms with Gasteiger partial charge in [0, 0.05) is 30.2 Å². The summed E-state index contributed by atoms with van der Waals surface area (Å²) in [7, 11) is 0. The van der Waals surface area contributed by atoms with E-state index in [-0.39, 0.29) is 17.4 Å². The van der Waals surface area contributed by atoms with Gasteiger partial charge in [0.15, 0.2) is 0 Å². The van der Waals surface area contributed by atoms with Crippen molar-refractivity contribution in [3.8, 4) is 5.69 Å². The average molecular weight is 485 g/mol. The van der Waals surface area contributed by atoms with Crippen molar-refractivity contribution in [1.82, 2.24) is 15.1 Å². The molecule has 3 aromatic rings. The van der Waals surface area contributed by atoms with Crippen LogP contribution in [0, 0.1) is 11.7 Å². The number of hydrogen-bond donors (Lipinski definition) is 1. The Kier molecular flexibility index (Phi) is 6.46. The Morgan fingerprint density at radius 3 is 2.81 bits per heavy atom. The zero-order valence-corrected chi connectivity index (χ0v) is 18.4. The third kappa shape index (κ3) is 5.19. The standard InChI is InChI=1S/C23H22BrFN4O2/c24-18-6-1-4-16(12-18)14-26-23(31)17-5-3-11-28(15-17)21-9-10-22(30)29(27-21)20-8-2-7-19(25)13-20/h1-2,4,6-10,12-13,17H,3,5,11,14-15H2,(H,26,31)/t17-/m1/s1. The van der Waals surface area contributed by atoms with Crippen LogP contribution in [-0.4, -0.2) is 28.8 Å². The van der Waals surface area contributed by atoms with Crippen molar-refractivity contribution < 1.29 is 9.18 Å². The van der Waals surface area contributed by atoms with Gasteiger partial charge in [0.1, 0.15) is 11.6 Å². The largest absolute Gasteiger partial charge is 0.354 e. The van der Waals surface area contributed by atoms with Gasteiger partial charge < -0.3 is 10.2 Å². The molecule has 1 fully saturated rings. The minimum atomic E-state index is -0.434. The van der Waals surface area contributed by atoms with E-state index in [1.165, 1.54) is 28.9 Å². The van der Waals surface area contributed by atoms with E-state index >= 15 is 0 Å². The van der Waals surface area contributed by atoms with Crippen molar-refractivity contribution in [2.24, 2.45) is 5.92 Å². The second-order valence-electron chi connectivity index (χ2n) is 7.55. The summed E-state index contributed by atoms with van der Waals surface area (Å²) in [6.45, 7) is 1.72. The predicted octanol–water partition coefficient (Wildman–Crippen LogP) is 3.67. The van der Waals surface area contributed by atoms with Crippen LogP contribution in [0.3, 0.4) is 0 Å². The van der Waals surface area contributed by atoms with Crippen molar-refractivity contribution in [2.75, 3.05) is 18.0 Å². The third-order valence-corrected chi connectivity index (χ3v) is 5.80.